The first-order chi connectivity index (χ1) is 8.22. The van der Waals surface area contributed by atoms with Gasteiger partial charge in [0.25, 0.3) is 0 Å². The van der Waals surface area contributed by atoms with Gasteiger partial charge in [0.2, 0.25) is 5.91 Å². The van der Waals surface area contributed by atoms with E-state index in [1.54, 1.807) is 0 Å². The van der Waals surface area contributed by atoms with Crippen LogP contribution in [0, 0.1) is 11.8 Å². The van der Waals surface area contributed by atoms with Crippen LogP contribution in [0.2, 0.25) is 0 Å². The number of nitrogens with zero attached hydrogens (tertiary/aromatic N) is 1. The normalized spacial score (nSPS) is 32.6. The van der Waals surface area contributed by atoms with Gasteiger partial charge in [0.1, 0.15) is 6.61 Å². The minimum atomic E-state index is 0.139. The van der Waals surface area contributed by atoms with E-state index >= 15 is 0 Å². The van der Waals surface area contributed by atoms with Crippen LogP contribution < -0.4 is 5.73 Å². The van der Waals surface area contributed by atoms with Gasteiger partial charge in [0.15, 0.2) is 0 Å². The lowest BCUT2D eigenvalue weighted by molar-refractivity contribution is -0.135. The Hall–Kier alpha value is -0.610. The van der Waals surface area contributed by atoms with Gasteiger partial charge in [0, 0.05) is 25.7 Å². The highest BCUT2D eigenvalue weighted by Crippen LogP contribution is 2.35. The molecule has 98 valence electrons. The van der Waals surface area contributed by atoms with Crippen LogP contribution in [0.1, 0.15) is 32.6 Å². The number of hydrogen-bond acceptors (Lipinski definition) is 3. The largest absolute Gasteiger partial charge is 0.372 e. The molecule has 17 heavy (non-hydrogen) atoms. The van der Waals surface area contributed by atoms with Crippen molar-refractivity contribution in [2.45, 2.75) is 38.6 Å². The highest BCUT2D eigenvalue weighted by atomic mass is 16.5. The van der Waals surface area contributed by atoms with E-state index in [0.29, 0.717) is 24.5 Å². The lowest BCUT2D eigenvalue weighted by Crippen LogP contribution is -2.38. The Bertz CT molecular complexity index is 270. The summed E-state index contributed by atoms with van der Waals surface area (Å²) >= 11 is 0. The Labute approximate surface area is 103 Å². The zero-order valence-corrected chi connectivity index (χ0v) is 10.7. The minimum Gasteiger partial charge on any atom is -0.372 e. The van der Waals surface area contributed by atoms with Crippen LogP contribution in [0.15, 0.2) is 0 Å². The fraction of sp³-hybridized carbons (Fsp3) is 0.923. The molecule has 1 amide bonds. The van der Waals surface area contributed by atoms with Crippen molar-refractivity contribution in [2.24, 2.45) is 17.6 Å². The molecule has 4 nitrogen and oxygen atoms in total. The maximum absolute atomic E-state index is 11.9. The van der Waals surface area contributed by atoms with Crippen molar-refractivity contribution < 1.29 is 9.53 Å². The molecule has 1 aliphatic carbocycles. The van der Waals surface area contributed by atoms with Gasteiger partial charge in [-0.1, -0.05) is 13.3 Å². The van der Waals surface area contributed by atoms with Gasteiger partial charge in [0.05, 0.1) is 0 Å². The Morgan fingerprint density at radius 3 is 2.94 bits per heavy atom. The van der Waals surface area contributed by atoms with Gasteiger partial charge < -0.3 is 15.4 Å². The topological polar surface area (TPSA) is 55.6 Å². The van der Waals surface area contributed by atoms with Gasteiger partial charge in [-0.05, 0) is 31.1 Å². The number of hydrogen-bond donors (Lipinski definition) is 1. The molecule has 0 aromatic carbocycles. The molecule has 2 aliphatic rings. The molecular weight excluding hydrogens is 216 g/mol. The van der Waals surface area contributed by atoms with E-state index in [4.69, 9.17) is 10.5 Å². The predicted molar refractivity (Wildman–Crippen MR) is 66.5 cm³/mol. The summed E-state index contributed by atoms with van der Waals surface area (Å²) in [5.74, 6) is 1.30. The van der Waals surface area contributed by atoms with Crippen molar-refractivity contribution in [2.75, 3.05) is 26.3 Å². The standard InChI is InChI=1S/C13H24N2O2/c1-2-6-17-9-13(16)15-7-10-4-3-5-12(14)11(10)8-15/h10-12H,2-9,14H2,1H3. The number of carbonyl (C=O) groups is 1. The summed E-state index contributed by atoms with van der Waals surface area (Å²) in [7, 11) is 0. The van der Waals surface area contributed by atoms with Crippen molar-refractivity contribution in [3.05, 3.63) is 0 Å². The summed E-state index contributed by atoms with van der Waals surface area (Å²) in [4.78, 5) is 13.9. The summed E-state index contributed by atoms with van der Waals surface area (Å²) < 4.78 is 5.31. The number of fused-ring (bicyclic) bond motifs is 1. The van der Waals surface area contributed by atoms with Crippen LogP contribution in [0.4, 0.5) is 0 Å². The maximum Gasteiger partial charge on any atom is 0.248 e. The Morgan fingerprint density at radius 2 is 2.24 bits per heavy atom. The summed E-state index contributed by atoms with van der Waals surface area (Å²) in [5.41, 5.74) is 6.13. The van der Waals surface area contributed by atoms with Gasteiger partial charge in [-0.3, -0.25) is 4.79 Å². The number of likely N-dealkylation sites (tertiary alicyclic amines) is 1. The second-order valence-corrected chi connectivity index (χ2v) is 5.37. The van der Waals surface area contributed by atoms with E-state index in [2.05, 4.69) is 0 Å². The quantitative estimate of drug-likeness (QED) is 0.746. The smallest absolute Gasteiger partial charge is 0.248 e. The van der Waals surface area contributed by atoms with Crippen LogP contribution in [0.3, 0.4) is 0 Å². The number of nitrogens with two attached hydrogens (primary N) is 1. The van der Waals surface area contributed by atoms with E-state index < -0.39 is 0 Å². The zero-order valence-electron chi connectivity index (χ0n) is 10.7. The van der Waals surface area contributed by atoms with E-state index in [1.807, 2.05) is 11.8 Å². The summed E-state index contributed by atoms with van der Waals surface area (Å²) in [6, 6.07) is 0.295. The molecule has 3 unspecified atom stereocenters. The number of amides is 1. The SMILES string of the molecule is CCCOCC(=O)N1CC2CCCC(N)C2C1. The van der Waals surface area contributed by atoms with Crippen molar-refractivity contribution >= 4 is 5.91 Å². The molecule has 0 radical (unpaired) electrons. The molecule has 1 heterocycles. The third kappa shape index (κ3) is 2.99. The number of rotatable bonds is 4. The summed E-state index contributed by atoms with van der Waals surface area (Å²) in [5, 5.41) is 0. The van der Waals surface area contributed by atoms with Crippen LogP contribution in [-0.4, -0.2) is 43.2 Å². The van der Waals surface area contributed by atoms with Crippen LogP contribution >= 0.6 is 0 Å². The minimum absolute atomic E-state index is 0.139. The fourth-order valence-electron chi connectivity index (χ4n) is 3.12. The number of ether oxygens (including phenoxy) is 1. The van der Waals surface area contributed by atoms with E-state index in [-0.39, 0.29) is 12.5 Å². The Balaban J connectivity index is 1.81. The molecule has 0 aromatic rings. The molecule has 2 fully saturated rings. The highest BCUT2D eigenvalue weighted by Gasteiger charge is 2.40. The van der Waals surface area contributed by atoms with Gasteiger partial charge in [-0.25, -0.2) is 0 Å². The van der Waals surface area contributed by atoms with Gasteiger partial charge >= 0.3 is 0 Å². The second-order valence-electron chi connectivity index (χ2n) is 5.37. The Morgan fingerprint density at radius 1 is 1.41 bits per heavy atom. The Kier molecular flexibility index (Phi) is 4.40. The molecule has 0 bridgehead atoms. The molecule has 0 aromatic heterocycles. The van der Waals surface area contributed by atoms with Crippen LogP contribution in [0.25, 0.3) is 0 Å². The molecule has 0 spiro atoms. The average molecular weight is 240 g/mol. The van der Waals surface area contributed by atoms with Crippen molar-refractivity contribution in [3.8, 4) is 0 Å². The number of carbonyl (C=O) groups excluding carboxylic acids is 1. The summed E-state index contributed by atoms with van der Waals surface area (Å²) in [6.45, 7) is 4.70. The first-order valence-electron chi connectivity index (χ1n) is 6.83. The highest BCUT2D eigenvalue weighted by molar-refractivity contribution is 5.77. The maximum atomic E-state index is 11.9. The molecule has 1 saturated carbocycles. The third-order valence-electron chi connectivity index (χ3n) is 4.08. The van der Waals surface area contributed by atoms with Crippen molar-refractivity contribution in [3.63, 3.8) is 0 Å². The molecular formula is C13H24N2O2. The van der Waals surface area contributed by atoms with E-state index in [9.17, 15) is 4.79 Å². The van der Waals surface area contributed by atoms with Crippen LogP contribution in [0.5, 0.6) is 0 Å². The lowest BCUT2D eigenvalue weighted by atomic mass is 9.78. The van der Waals surface area contributed by atoms with Gasteiger partial charge in [-0.15, -0.1) is 0 Å². The molecule has 2 rings (SSSR count). The third-order valence-corrected chi connectivity index (χ3v) is 4.08. The predicted octanol–water partition coefficient (Wildman–Crippen LogP) is 0.999. The molecule has 2 N–H and O–H groups in total. The zero-order chi connectivity index (χ0) is 12.3. The molecule has 1 saturated heterocycles. The van der Waals surface area contributed by atoms with E-state index in [1.165, 1.54) is 12.8 Å². The second kappa shape index (κ2) is 5.83. The van der Waals surface area contributed by atoms with Crippen molar-refractivity contribution in [1.82, 2.24) is 4.90 Å². The van der Waals surface area contributed by atoms with Crippen molar-refractivity contribution in [1.29, 1.82) is 0 Å². The van der Waals surface area contributed by atoms with Crippen LogP contribution in [-0.2, 0) is 9.53 Å². The average Bonchev–Trinajstić information content (AvgIpc) is 2.75. The first kappa shape index (κ1) is 12.8. The monoisotopic (exact) mass is 240 g/mol. The summed E-state index contributed by atoms with van der Waals surface area (Å²) in [6.07, 6.45) is 4.54. The van der Waals surface area contributed by atoms with E-state index in [0.717, 1.165) is 25.9 Å². The molecule has 1 aliphatic heterocycles. The molecule has 3 atom stereocenters. The fourth-order valence-corrected chi connectivity index (χ4v) is 3.12. The molecule has 4 heteroatoms. The van der Waals surface area contributed by atoms with Gasteiger partial charge in [-0.2, -0.15) is 0 Å². The lowest BCUT2D eigenvalue weighted by Gasteiger charge is -2.29. The first-order valence-corrected chi connectivity index (χ1v) is 6.83.